The first kappa shape index (κ1) is 17.5. The summed E-state index contributed by atoms with van der Waals surface area (Å²) in [5.74, 6) is -0.229. The molecule has 1 fully saturated rings. The first-order valence-corrected chi connectivity index (χ1v) is 8.53. The van der Waals surface area contributed by atoms with Gasteiger partial charge in [0.2, 0.25) is 0 Å². The van der Waals surface area contributed by atoms with E-state index in [2.05, 4.69) is 15.0 Å². The number of anilines is 2. The van der Waals surface area contributed by atoms with E-state index in [9.17, 15) is 18.0 Å². The second kappa shape index (κ2) is 6.90. The van der Waals surface area contributed by atoms with Crippen molar-refractivity contribution >= 4 is 22.2 Å². The van der Waals surface area contributed by atoms with Crippen LogP contribution in [0.4, 0.5) is 23.9 Å². The predicted octanol–water partition coefficient (Wildman–Crippen LogP) is 3.54. The van der Waals surface area contributed by atoms with Gasteiger partial charge in [-0.2, -0.15) is 18.4 Å². The van der Waals surface area contributed by atoms with Gasteiger partial charge in [0.25, 0.3) is 5.56 Å². The van der Waals surface area contributed by atoms with Crippen LogP contribution in [-0.2, 0) is 6.18 Å². The van der Waals surface area contributed by atoms with E-state index < -0.39 is 17.3 Å². The molecule has 1 saturated heterocycles. The van der Waals surface area contributed by atoms with Gasteiger partial charge in [0, 0.05) is 6.54 Å². The molecule has 0 radical (unpaired) electrons. The Morgan fingerprint density at radius 1 is 1.36 bits per heavy atom. The summed E-state index contributed by atoms with van der Waals surface area (Å²) in [4.78, 5) is 11.5. The van der Waals surface area contributed by atoms with Crippen LogP contribution in [0.5, 0.6) is 0 Å². The monoisotopic (exact) mass is 368 g/mol. The number of nitriles is 1. The van der Waals surface area contributed by atoms with E-state index in [1.54, 1.807) is 12.1 Å². The summed E-state index contributed by atoms with van der Waals surface area (Å²) < 4.78 is 43.6. The van der Waals surface area contributed by atoms with Crippen molar-refractivity contribution in [2.24, 2.45) is 0 Å². The van der Waals surface area contributed by atoms with Gasteiger partial charge in [0.1, 0.15) is 11.1 Å². The first-order chi connectivity index (χ1) is 11.9. The molecule has 2 heterocycles. The number of rotatable bonds is 3. The Kier molecular flexibility index (Phi) is 4.83. The summed E-state index contributed by atoms with van der Waals surface area (Å²) >= 11 is 0.806. The van der Waals surface area contributed by atoms with Crippen molar-refractivity contribution < 1.29 is 13.2 Å². The number of halogens is 3. The van der Waals surface area contributed by atoms with Crippen LogP contribution in [0.25, 0.3) is 0 Å². The summed E-state index contributed by atoms with van der Waals surface area (Å²) in [6.07, 6.45) is -3.05. The van der Waals surface area contributed by atoms with Crippen molar-refractivity contribution in [2.75, 3.05) is 18.4 Å². The molecule has 1 unspecified atom stereocenters. The molecule has 0 spiro atoms. The Balaban J connectivity index is 2.07. The molecule has 1 aliphatic rings. The third-order valence-electron chi connectivity index (χ3n) is 4.18. The second-order valence-corrected chi connectivity index (χ2v) is 6.60. The van der Waals surface area contributed by atoms with Crippen LogP contribution in [0.1, 0.15) is 35.4 Å². The fraction of sp³-hybridized carbons (Fsp3) is 0.375. The summed E-state index contributed by atoms with van der Waals surface area (Å²) in [5.41, 5.74) is -1.50. The van der Waals surface area contributed by atoms with Crippen molar-refractivity contribution in [3.8, 4) is 6.07 Å². The minimum Gasteiger partial charge on any atom is -0.344 e. The number of hydrogen-bond acceptors (Lipinski definition) is 5. The Morgan fingerprint density at radius 3 is 2.80 bits per heavy atom. The third kappa shape index (κ3) is 3.55. The Morgan fingerprint density at radius 2 is 2.16 bits per heavy atom. The molecule has 0 aliphatic carbocycles. The quantitative estimate of drug-likeness (QED) is 0.774. The number of hydrogen-bond donors (Lipinski definition) is 3. The minimum absolute atomic E-state index is 0.0805. The molecule has 1 aromatic carbocycles. The van der Waals surface area contributed by atoms with Crippen molar-refractivity contribution in [3.05, 3.63) is 45.2 Å². The third-order valence-corrected chi connectivity index (χ3v) is 4.97. The molecule has 132 valence electrons. The maximum atomic E-state index is 13.8. The van der Waals surface area contributed by atoms with Gasteiger partial charge in [-0.3, -0.25) is 9.17 Å². The molecule has 0 saturated carbocycles. The summed E-state index contributed by atoms with van der Waals surface area (Å²) in [5, 5.41) is 14.9. The number of piperidine rings is 1. The van der Waals surface area contributed by atoms with Crippen molar-refractivity contribution in [3.63, 3.8) is 0 Å². The van der Waals surface area contributed by atoms with Gasteiger partial charge < -0.3 is 10.6 Å². The van der Waals surface area contributed by atoms with E-state index in [0.717, 1.165) is 24.5 Å². The van der Waals surface area contributed by atoms with E-state index in [-0.39, 0.29) is 27.7 Å². The lowest BCUT2D eigenvalue weighted by Gasteiger charge is -2.27. The molecule has 0 bridgehead atoms. The smallest absolute Gasteiger partial charge is 0.344 e. The van der Waals surface area contributed by atoms with E-state index in [0.29, 0.717) is 13.0 Å². The number of alkyl halides is 3. The van der Waals surface area contributed by atoms with Gasteiger partial charge in [-0.1, -0.05) is 12.1 Å². The van der Waals surface area contributed by atoms with Crippen LogP contribution in [0.3, 0.4) is 0 Å². The largest absolute Gasteiger partial charge is 0.418 e. The summed E-state index contributed by atoms with van der Waals surface area (Å²) in [6, 6.07) is 6.08. The number of aromatic nitrogens is 1. The zero-order chi connectivity index (χ0) is 18.0. The Hall–Kier alpha value is -2.31. The molecule has 3 N–H and O–H groups in total. The highest BCUT2D eigenvalue weighted by Crippen LogP contribution is 2.42. The van der Waals surface area contributed by atoms with Gasteiger partial charge in [-0.25, -0.2) is 0 Å². The van der Waals surface area contributed by atoms with Crippen LogP contribution >= 0.6 is 11.5 Å². The SMILES string of the molecule is N#Cc1c(Nc2cccc(C3CCCNC3)c2C(F)(F)F)s[nH]c1=O. The van der Waals surface area contributed by atoms with Crippen molar-refractivity contribution in [1.29, 1.82) is 5.26 Å². The molecule has 0 amide bonds. The fourth-order valence-corrected chi connectivity index (χ4v) is 3.76. The van der Waals surface area contributed by atoms with Gasteiger partial charge >= 0.3 is 6.18 Å². The molecule has 1 aliphatic heterocycles. The molecule has 3 rings (SSSR count). The minimum atomic E-state index is -4.55. The average molecular weight is 368 g/mol. The molecule has 1 aromatic heterocycles. The fourth-order valence-electron chi connectivity index (χ4n) is 3.06. The van der Waals surface area contributed by atoms with Gasteiger partial charge in [-0.05, 0) is 48.5 Å². The highest BCUT2D eigenvalue weighted by Gasteiger charge is 2.38. The van der Waals surface area contributed by atoms with Crippen molar-refractivity contribution in [1.82, 2.24) is 9.69 Å². The van der Waals surface area contributed by atoms with E-state index >= 15 is 0 Å². The zero-order valence-electron chi connectivity index (χ0n) is 13.0. The normalized spacial score (nSPS) is 17.9. The van der Waals surface area contributed by atoms with Crippen LogP contribution in [0, 0.1) is 11.3 Å². The Bertz CT molecular complexity index is 859. The maximum absolute atomic E-state index is 13.8. The van der Waals surface area contributed by atoms with E-state index in [1.165, 1.54) is 12.1 Å². The molecule has 2 aromatic rings. The molecule has 1 atom stereocenters. The molecule has 25 heavy (non-hydrogen) atoms. The zero-order valence-corrected chi connectivity index (χ0v) is 13.9. The lowest BCUT2D eigenvalue weighted by atomic mass is 9.87. The first-order valence-electron chi connectivity index (χ1n) is 7.71. The van der Waals surface area contributed by atoms with Crippen molar-refractivity contribution in [2.45, 2.75) is 24.9 Å². The number of H-pyrrole nitrogens is 1. The highest BCUT2D eigenvalue weighted by molar-refractivity contribution is 7.10. The summed E-state index contributed by atoms with van der Waals surface area (Å²) in [6.45, 7) is 1.30. The number of nitrogens with one attached hydrogen (secondary N) is 3. The van der Waals surface area contributed by atoms with Crippen LogP contribution in [0.15, 0.2) is 23.0 Å². The standard InChI is InChI=1S/C16H15F3N4OS/c17-16(18,19)13-10(9-3-2-6-21-8-9)4-1-5-12(13)22-15-11(7-20)14(24)23-25-15/h1,4-5,9,21-22H,2-3,6,8H2,(H,23,24). The lowest BCUT2D eigenvalue weighted by Crippen LogP contribution is -2.30. The topological polar surface area (TPSA) is 80.7 Å². The lowest BCUT2D eigenvalue weighted by molar-refractivity contribution is -0.137. The number of benzene rings is 1. The summed E-state index contributed by atoms with van der Waals surface area (Å²) in [7, 11) is 0. The highest BCUT2D eigenvalue weighted by atomic mass is 32.1. The average Bonchev–Trinajstić information content (AvgIpc) is 2.94. The van der Waals surface area contributed by atoms with Gasteiger partial charge in [0.05, 0.1) is 11.3 Å². The van der Waals surface area contributed by atoms with Crippen LogP contribution < -0.4 is 16.2 Å². The number of nitrogens with zero attached hydrogens (tertiary/aromatic N) is 1. The molecule has 9 heteroatoms. The molecular formula is C16H15F3N4OS. The van der Waals surface area contributed by atoms with Gasteiger partial charge in [-0.15, -0.1) is 0 Å². The molecule has 5 nitrogen and oxygen atoms in total. The van der Waals surface area contributed by atoms with E-state index in [4.69, 9.17) is 5.26 Å². The maximum Gasteiger partial charge on any atom is 0.418 e. The predicted molar refractivity (Wildman–Crippen MR) is 89.2 cm³/mol. The Labute approximate surface area is 145 Å². The van der Waals surface area contributed by atoms with Crippen LogP contribution in [0.2, 0.25) is 0 Å². The van der Waals surface area contributed by atoms with E-state index in [1.807, 2.05) is 0 Å². The second-order valence-electron chi connectivity index (χ2n) is 5.79. The molecular weight excluding hydrogens is 353 g/mol. The van der Waals surface area contributed by atoms with Crippen LogP contribution in [-0.4, -0.2) is 17.5 Å². The van der Waals surface area contributed by atoms with Gasteiger partial charge in [0.15, 0.2) is 5.56 Å². The number of aromatic amines is 1.